The fourth-order valence-electron chi connectivity index (χ4n) is 0.894. The molecule has 0 fully saturated rings. The highest BCUT2D eigenvalue weighted by atomic mass is 32.3. The summed E-state index contributed by atoms with van der Waals surface area (Å²) in [5.74, 6) is 0. The average molecular weight is 237 g/mol. The van der Waals surface area contributed by atoms with Crippen molar-refractivity contribution in [2.45, 2.75) is 32.8 Å². The Morgan fingerprint density at radius 2 is 2.00 bits per heavy atom. The van der Waals surface area contributed by atoms with Crippen molar-refractivity contribution >= 4 is 10.4 Å². The van der Waals surface area contributed by atoms with Crippen molar-refractivity contribution in [2.24, 2.45) is 0 Å². The normalized spacial score (nSPS) is 12.5. The highest BCUT2D eigenvalue weighted by Crippen LogP contribution is 2.10. The van der Waals surface area contributed by atoms with Crippen LogP contribution in [-0.4, -0.2) is 19.1 Å². The molecule has 6 heteroatoms. The van der Waals surface area contributed by atoms with Gasteiger partial charge in [-0.2, -0.15) is 0 Å². The molecule has 0 amide bonds. The van der Waals surface area contributed by atoms with Gasteiger partial charge in [-0.1, -0.05) is 17.7 Å². The molecule has 0 aliphatic carbocycles. The Hall–Kier alpha value is -0.690. The van der Waals surface area contributed by atoms with Crippen molar-refractivity contribution in [2.75, 3.05) is 0 Å². The first-order valence-electron chi connectivity index (χ1n) is 4.23. The van der Waals surface area contributed by atoms with Crippen molar-refractivity contribution < 1.29 is 17.2 Å². The molecule has 0 saturated carbocycles. The first kappa shape index (κ1) is 16.7. The number of quaternary nitrogens is 1. The van der Waals surface area contributed by atoms with Crippen LogP contribution in [0, 0.1) is 0 Å². The molecule has 0 saturated heterocycles. The van der Waals surface area contributed by atoms with Gasteiger partial charge in [-0.15, -0.1) is 6.58 Å². The summed E-state index contributed by atoms with van der Waals surface area (Å²) in [6.45, 7) is 7.23. The first-order valence-corrected chi connectivity index (χ1v) is 5.57. The predicted molar refractivity (Wildman–Crippen MR) is 59.4 cm³/mol. The molecule has 90 valence electrons. The maximum absolute atomic E-state index is 10.3. The standard InChI is InChI=1S/C9H16O4S.H3N/c1-4-5-9(7-6-8(2)3)13-14(10,11)12;/h4,6,9H,1,5,7H2,2-3H3,(H,10,11,12);1H3. The van der Waals surface area contributed by atoms with E-state index in [-0.39, 0.29) is 6.15 Å². The third kappa shape index (κ3) is 11.2. The SMILES string of the molecule is C=CCC(CC=C(C)C)OS(=O)(=O)[O-].[NH4+]. The lowest BCUT2D eigenvalue weighted by atomic mass is 10.1. The predicted octanol–water partition coefficient (Wildman–Crippen LogP) is 2.14. The third-order valence-electron chi connectivity index (χ3n) is 1.47. The molecule has 0 rings (SSSR count). The summed E-state index contributed by atoms with van der Waals surface area (Å²) < 4.78 is 35.3. The summed E-state index contributed by atoms with van der Waals surface area (Å²) in [5.41, 5.74) is 1.05. The molecule has 0 bridgehead atoms. The van der Waals surface area contributed by atoms with E-state index in [4.69, 9.17) is 0 Å². The van der Waals surface area contributed by atoms with Gasteiger partial charge in [0.05, 0.1) is 6.10 Å². The van der Waals surface area contributed by atoms with Crippen LogP contribution in [0.5, 0.6) is 0 Å². The highest BCUT2D eigenvalue weighted by Gasteiger charge is 2.09. The summed E-state index contributed by atoms with van der Waals surface area (Å²) in [6, 6.07) is 0. The molecule has 0 aromatic heterocycles. The summed E-state index contributed by atoms with van der Waals surface area (Å²) in [7, 11) is -4.62. The highest BCUT2D eigenvalue weighted by molar-refractivity contribution is 7.80. The van der Waals surface area contributed by atoms with Crippen molar-refractivity contribution in [1.82, 2.24) is 6.15 Å². The number of rotatable bonds is 6. The van der Waals surface area contributed by atoms with Crippen LogP contribution in [0.15, 0.2) is 24.3 Å². The van der Waals surface area contributed by atoms with Gasteiger partial charge in [-0.05, 0) is 26.7 Å². The van der Waals surface area contributed by atoms with E-state index in [0.29, 0.717) is 12.8 Å². The molecule has 0 radical (unpaired) electrons. The van der Waals surface area contributed by atoms with Gasteiger partial charge in [0.15, 0.2) is 0 Å². The summed E-state index contributed by atoms with van der Waals surface area (Å²) in [5, 5.41) is 0. The number of hydrogen-bond acceptors (Lipinski definition) is 4. The van der Waals surface area contributed by atoms with Crippen molar-refractivity contribution in [3.8, 4) is 0 Å². The molecule has 0 aliphatic heterocycles. The van der Waals surface area contributed by atoms with E-state index in [1.54, 1.807) is 0 Å². The van der Waals surface area contributed by atoms with Gasteiger partial charge in [-0.3, -0.25) is 4.18 Å². The van der Waals surface area contributed by atoms with Crippen LogP contribution in [-0.2, 0) is 14.6 Å². The van der Waals surface area contributed by atoms with E-state index in [9.17, 15) is 13.0 Å². The largest absolute Gasteiger partial charge is 0.726 e. The van der Waals surface area contributed by atoms with Crippen LogP contribution < -0.4 is 6.15 Å². The molecule has 15 heavy (non-hydrogen) atoms. The van der Waals surface area contributed by atoms with Crippen LogP contribution in [0.2, 0.25) is 0 Å². The van der Waals surface area contributed by atoms with Gasteiger partial charge in [0.25, 0.3) is 0 Å². The average Bonchev–Trinajstić information content (AvgIpc) is 1.98. The second kappa shape index (κ2) is 7.58. The zero-order valence-electron chi connectivity index (χ0n) is 9.39. The molecular formula is C9H19NO4S. The van der Waals surface area contributed by atoms with Crippen LogP contribution >= 0.6 is 0 Å². The van der Waals surface area contributed by atoms with Crippen LogP contribution in [0.3, 0.4) is 0 Å². The van der Waals surface area contributed by atoms with E-state index in [0.717, 1.165) is 5.57 Å². The molecule has 1 atom stereocenters. The molecule has 5 nitrogen and oxygen atoms in total. The van der Waals surface area contributed by atoms with Gasteiger partial charge < -0.3 is 10.7 Å². The van der Waals surface area contributed by atoms with Gasteiger partial charge in [0, 0.05) is 0 Å². The van der Waals surface area contributed by atoms with Gasteiger partial charge in [-0.25, -0.2) is 8.42 Å². The Labute approximate surface area is 91.4 Å². The van der Waals surface area contributed by atoms with Crippen molar-refractivity contribution in [1.29, 1.82) is 0 Å². The number of allylic oxidation sites excluding steroid dienone is 1. The van der Waals surface area contributed by atoms with Crippen LogP contribution in [0.25, 0.3) is 0 Å². The number of hydrogen-bond donors (Lipinski definition) is 1. The Kier molecular flexibility index (Phi) is 8.46. The lowest BCUT2D eigenvalue weighted by Gasteiger charge is -2.16. The van der Waals surface area contributed by atoms with Gasteiger partial charge >= 0.3 is 0 Å². The van der Waals surface area contributed by atoms with E-state index < -0.39 is 16.5 Å². The molecule has 0 heterocycles. The lowest BCUT2D eigenvalue weighted by molar-refractivity contribution is 0.182. The van der Waals surface area contributed by atoms with Crippen LogP contribution in [0.1, 0.15) is 26.7 Å². The fraction of sp³-hybridized carbons (Fsp3) is 0.556. The minimum atomic E-state index is -4.62. The Balaban J connectivity index is 0. The lowest BCUT2D eigenvalue weighted by Crippen LogP contribution is -2.16. The Bertz CT molecular complexity index is 304. The molecule has 0 aromatic carbocycles. The second-order valence-electron chi connectivity index (χ2n) is 3.17. The summed E-state index contributed by atoms with van der Waals surface area (Å²) >= 11 is 0. The minimum absolute atomic E-state index is 0. The molecule has 0 aromatic rings. The molecule has 4 N–H and O–H groups in total. The second-order valence-corrected chi connectivity index (χ2v) is 4.18. The molecule has 1 unspecified atom stereocenters. The minimum Gasteiger partial charge on any atom is -0.726 e. The summed E-state index contributed by atoms with van der Waals surface area (Å²) in [6.07, 6.45) is 3.44. The Morgan fingerprint density at radius 3 is 2.33 bits per heavy atom. The van der Waals surface area contributed by atoms with Crippen LogP contribution in [0.4, 0.5) is 0 Å². The zero-order valence-corrected chi connectivity index (χ0v) is 10.2. The third-order valence-corrected chi connectivity index (χ3v) is 1.98. The molecule has 0 spiro atoms. The first-order chi connectivity index (χ1) is 6.35. The fourth-order valence-corrected chi connectivity index (χ4v) is 1.38. The Morgan fingerprint density at radius 1 is 1.47 bits per heavy atom. The van der Waals surface area contributed by atoms with E-state index in [2.05, 4.69) is 10.8 Å². The maximum atomic E-state index is 10.3. The maximum Gasteiger partial charge on any atom is 0.217 e. The van der Waals surface area contributed by atoms with E-state index in [1.165, 1.54) is 6.08 Å². The molecular weight excluding hydrogens is 218 g/mol. The molecule has 0 aliphatic rings. The van der Waals surface area contributed by atoms with E-state index >= 15 is 0 Å². The topological polar surface area (TPSA) is 103 Å². The van der Waals surface area contributed by atoms with Crippen molar-refractivity contribution in [3.63, 3.8) is 0 Å². The van der Waals surface area contributed by atoms with Crippen molar-refractivity contribution in [3.05, 3.63) is 24.3 Å². The van der Waals surface area contributed by atoms with Gasteiger partial charge in [0.2, 0.25) is 10.4 Å². The van der Waals surface area contributed by atoms with E-state index in [1.807, 2.05) is 19.9 Å². The monoisotopic (exact) mass is 237 g/mol. The zero-order chi connectivity index (χ0) is 11.2. The summed E-state index contributed by atoms with van der Waals surface area (Å²) in [4.78, 5) is 0. The smallest absolute Gasteiger partial charge is 0.217 e. The quantitative estimate of drug-likeness (QED) is 0.434. The van der Waals surface area contributed by atoms with Gasteiger partial charge in [0.1, 0.15) is 0 Å².